The molecule has 0 saturated carbocycles. The van der Waals surface area contributed by atoms with E-state index >= 15 is 0 Å². The molecule has 1 aliphatic heterocycles. The summed E-state index contributed by atoms with van der Waals surface area (Å²) in [5, 5.41) is 0. The molecule has 1 fully saturated rings. The van der Waals surface area contributed by atoms with Crippen molar-refractivity contribution in [2.45, 2.75) is 25.6 Å². The Bertz CT molecular complexity index is 760. The summed E-state index contributed by atoms with van der Waals surface area (Å²) >= 11 is 0. The number of benzene rings is 1. The summed E-state index contributed by atoms with van der Waals surface area (Å²) < 4.78 is 43.6. The van der Waals surface area contributed by atoms with Crippen molar-refractivity contribution in [2.75, 3.05) is 13.1 Å². The number of pyridine rings is 1. The van der Waals surface area contributed by atoms with Gasteiger partial charge in [0.05, 0.1) is 12.1 Å². The van der Waals surface area contributed by atoms with Crippen LogP contribution in [0.15, 0.2) is 42.5 Å². The van der Waals surface area contributed by atoms with Gasteiger partial charge in [0.15, 0.2) is 0 Å². The fourth-order valence-electron chi connectivity index (χ4n) is 2.75. The molecule has 0 aliphatic carbocycles. The molecular weight excluding hydrogens is 333 g/mol. The summed E-state index contributed by atoms with van der Waals surface area (Å²) in [6.07, 6.45) is -3.93. The standard InChI is InChI=1S/C18H17F3N2O2/c1-12-3-2-4-16(22-12)25-15-9-10-23(11-15)17(24)13-5-7-14(8-6-13)18(19,20)21/h2-8,15H,9-11H2,1H3. The lowest BCUT2D eigenvalue weighted by atomic mass is 10.1. The van der Waals surface area contributed by atoms with E-state index < -0.39 is 11.7 Å². The van der Waals surface area contributed by atoms with Gasteiger partial charge in [-0.05, 0) is 37.3 Å². The molecule has 1 aromatic heterocycles. The molecule has 0 radical (unpaired) electrons. The van der Waals surface area contributed by atoms with Gasteiger partial charge in [-0.15, -0.1) is 0 Å². The molecule has 1 aliphatic rings. The van der Waals surface area contributed by atoms with Crippen molar-refractivity contribution < 1.29 is 22.7 Å². The maximum Gasteiger partial charge on any atom is 0.416 e. The van der Waals surface area contributed by atoms with Gasteiger partial charge in [-0.1, -0.05) is 6.07 Å². The zero-order valence-electron chi connectivity index (χ0n) is 13.6. The summed E-state index contributed by atoms with van der Waals surface area (Å²) in [4.78, 5) is 18.3. The third-order valence-corrected chi connectivity index (χ3v) is 4.04. The lowest BCUT2D eigenvalue weighted by Gasteiger charge is -2.17. The largest absolute Gasteiger partial charge is 0.472 e. The average molecular weight is 350 g/mol. The normalized spacial score (nSPS) is 17.6. The van der Waals surface area contributed by atoms with Crippen molar-refractivity contribution in [2.24, 2.45) is 0 Å². The van der Waals surface area contributed by atoms with Crippen LogP contribution in [0.2, 0.25) is 0 Å². The first-order chi connectivity index (χ1) is 11.8. The molecule has 25 heavy (non-hydrogen) atoms. The Morgan fingerprint density at radius 3 is 2.56 bits per heavy atom. The predicted molar refractivity (Wildman–Crippen MR) is 85.4 cm³/mol. The van der Waals surface area contributed by atoms with Gasteiger partial charge in [0.1, 0.15) is 6.10 Å². The summed E-state index contributed by atoms with van der Waals surface area (Å²) in [5.41, 5.74) is 0.313. The molecule has 1 aromatic carbocycles. The molecule has 3 rings (SSSR count). The van der Waals surface area contributed by atoms with Gasteiger partial charge < -0.3 is 9.64 Å². The Hall–Kier alpha value is -2.57. The minimum absolute atomic E-state index is 0.173. The van der Waals surface area contributed by atoms with Crippen molar-refractivity contribution in [3.05, 3.63) is 59.3 Å². The van der Waals surface area contributed by atoms with Crippen LogP contribution in [-0.4, -0.2) is 35.0 Å². The lowest BCUT2D eigenvalue weighted by molar-refractivity contribution is -0.137. The molecule has 0 spiro atoms. The Balaban J connectivity index is 1.62. The number of rotatable bonds is 3. The molecule has 132 valence electrons. The highest BCUT2D eigenvalue weighted by molar-refractivity contribution is 5.94. The molecule has 2 aromatic rings. The highest BCUT2D eigenvalue weighted by Crippen LogP contribution is 2.29. The zero-order chi connectivity index (χ0) is 18.0. The van der Waals surface area contributed by atoms with E-state index in [1.54, 1.807) is 11.0 Å². The minimum atomic E-state index is -4.41. The number of amides is 1. The van der Waals surface area contributed by atoms with E-state index in [-0.39, 0.29) is 17.6 Å². The molecule has 1 amide bonds. The molecule has 1 saturated heterocycles. The molecule has 0 N–H and O–H groups in total. The van der Waals surface area contributed by atoms with Crippen LogP contribution in [0, 0.1) is 6.92 Å². The van der Waals surface area contributed by atoms with E-state index in [1.165, 1.54) is 12.1 Å². The van der Waals surface area contributed by atoms with Crippen LogP contribution in [0.4, 0.5) is 13.2 Å². The van der Waals surface area contributed by atoms with E-state index in [0.717, 1.165) is 17.8 Å². The van der Waals surface area contributed by atoms with Gasteiger partial charge in [0, 0.05) is 30.3 Å². The van der Waals surface area contributed by atoms with Crippen LogP contribution >= 0.6 is 0 Å². The van der Waals surface area contributed by atoms with E-state index in [2.05, 4.69) is 4.98 Å². The summed E-state index contributed by atoms with van der Waals surface area (Å²) in [6.45, 7) is 2.74. The first-order valence-corrected chi connectivity index (χ1v) is 7.90. The van der Waals surface area contributed by atoms with Crippen LogP contribution in [0.1, 0.15) is 28.0 Å². The van der Waals surface area contributed by atoms with E-state index in [0.29, 0.717) is 25.4 Å². The molecule has 1 atom stereocenters. The molecule has 4 nitrogen and oxygen atoms in total. The molecule has 7 heteroatoms. The second-order valence-corrected chi connectivity index (χ2v) is 5.97. The third kappa shape index (κ3) is 4.10. The molecular formula is C18H17F3N2O2. The van der Waals surface area contributed by atoms with E-state index in [4.69, 9.17) is 4.74 Å². The number of carbonyl (C=O) groups excluding carboxylic acids is 1. The lowest BCUT2D eigenvalue weighted by Crippen LogP contribution is -2.31. The number of aryl methyl sites for hydroxylation is 1. The Kier molecular flexibility index (Phi) is 4.65. The minimum Gasteiger partial charge on any atom is -0.472 e. The van der Waals surface area contributed by atoms with Gasteiger partial charge in [0.2, 0.25) is 5.88 Å². The van der Waals surface area contributed by atoms with Crippen LogP contribution in [0.5, 0.6) is 5.88 Å². The highest BCUT2D eigenvalue weighted by atomic mass is 19.4. The first-order valence-electron chi connectivity index (χ1n) is 7.90. The van der Waals surface area contributed by atoms with Gasteiger partial charge in [-0.25, -0.2) is 4.98 Å². The van der Waals surface area contributed by atoms with Crippen molar-refractivity contribution in [1.29, 1.82) is 0 Å². The van der Waals surface area contributed by atoms with Crippen molar-refractivity contribution in [3.8, 4) is 5.88 Å². The van der Waals surface area contributed by atoms with Gasteiger partial charge in [0.25, 0.3) is 5.91 Å². The van der Waals surface area contributed by atoms with Crippen LogP contribution in [0.25, 0.3) is 0 Å². The fraction of sp³-hybridized carbons (Fsp3) is 0.333. The number of aromatic nitrogens is 1. The van der Waals surface area contributed by atoms with Crippen molar-refractivity contribution in [3.63, 3.8) is 0 Å². The molecule has 2 heterocycles. The predicted octanol–water partition coefficient (Wildman–Crippen LogP) is 3.70. The highest BCUT2D eigenvalue weighted by Gasteiger charge is 2.32. The number of hydrogen-bond donors (Lipinski definition) is 0. The van der Waals surface area contributed by atoms with Gasteiger partial charge >= 0.3 is 6.18 Å². The Labute approximate surface area is 143 Å². The molecule has 1 unspecified atom stereocenters. The summed E-state index contributed by atoms with van der Waals surface area (Å²) in [6, 6.07) is 9.73. The summed E-state index contributed by atoms with van der Waals surface area (Å²) in [5.74, 6) is 0.214. The van der Waals surface area contributed by atoms with E-state index in [1.807, 2.05) is 19.1 Å². The Morgan fingerprint density at radius 2 is 1.92 bits per heavy atom. The van der Waals surface area contributed by atoms with Gasteiger partial charge in [-0.3, -0.25) is 4.79 Å². The SMILES string of the molecule is Cc1cccc(OC2CCN(C(=O)c3ccc(C(F)(F)F)cc3)C2)n1. The number of likely N-dealkylation sites (tertiary alicyclic amines) is 1. The fourth-order valence-corrected chi connectivity index (χ4v) is 2.75. The maximum atomic E-state index is 12.6. The van der Waals surface area contributed by atoms with Crippen LogP contribution < -0.4 is 4.74 Å². The topological polar surface area (TPSA) is 42.4 Å². The Morgan fingerprint density at radius 1 is 1.20 bits per heavy atom. The van der Waals surface area contributed by atoms with Crippen molar-refractivity contribution in [1.82, 2.24) is 9.88 Å². The smallest absolute Gasteiger partial charge is 0.416 e. The van der Waals surface area contributed by atoms with Gasteiger partial charge in [-0.2, -0.15) is 13.2 Å². The third-order valence-electron chi connectivity index (χ3n) is 4.04. The second-order valence-electron chi connectivity index (χ2n) is 5.97. The number of halogens is 3. The zero-order valence-corrected chi connectivity index (χ0v) is 13.6. The number of nitrogens with zero attached hydrogens (tertiary/aromatic N) is 2. The summed E-state index contributed by atoms with van der Waals surface area (Å²) in [7, 11) is 0. The number of carbonyl (C=O) groups is 1. The van der Waals surface area contributed by atoms with Crippen molar-refractivity contribution >= 4 is 5.91 Å². The quantitative estimate of drug-likeness (QED) is 0.848. The number of ether oxygens (including phenoxy) is 1. The van der Waals surface area contributed by atoms with Crippen LogP contribution in [0.3, 0.4) is 0 Å². The van der Waals surface area contributed by atoms with E-state index in [9.17, 15) is 18.0 Å². The molecule has 0 bridgehead atoms. The average Bonchev–Trinajstić information content (AvgIpc) is 3.02. The number of hydrogen-bond acceptors (Lipinski definition) is 3. The number of alkyl halides is 3. The monoisotopic (exact) mass is 350 g/mol. The first kappa shape index (κ1) is 17.3. The second kappa shape index (κ2) is 6.74. The van der Waals surface area contributed by atoms with Crippen LogP contribution in [-0.2, 0) is 6.18 Å². The maximum absolute atomic E-state index is 12.6.